The van der Waals surface area contributed by atoms with Crippen molar-refractivity contribution in [3.05, 3.63) is 106 Å². The molecule has 1 amide bonds. The number of carbonyl (C=O) groups is 1. The number of amides is 1. The molecule has 18 nitrogen and oxygen atoms in total. The summed E-state index contributed by atoms with van der Waals surface area (Å²) in [5.41, 5.74) is 13.7. The average molecular weight is 947 g/mol. The number of nitrogens with one attached hydrogen (secondary N) is 3. The van der Waals surface area contributed by atoms with Gasteiger partial charge in [-0.1, -0.05) is 27.7 Å². The maximum Gasteiger partial charge on any atom is 0.410 e. The van der Waals surface area contributed by atoms with Crippen LogP contribution in [-0.2, 0) is 17.8 Å². The van der Waals surface area contributed by atoms with Gasteiger partial charge in [0.15, 0.2) is 0 Å². The van der Waals surface area contributed by atoms with Gasteiger partial charge in [-0.05, 0) is 135 Å². The van der Waals surface area contributed by atoms with Gasteiger partial charge in [0.2, 0.25) is 0 Å². The number of carbonyl (C=O) groups excluding carboxylic acids is 1. The van der Waals surface area contributed by atoms with Crippen LogP contribution in [0.4, 0.5) is 39.4 Å². The van der Waals surface area contributed by atoms with Crippen molar-refractivity contribution in [2.75, 3.05) is 88.6 Å². The lowest BCUT2D eigenvalue weighted by atomic mass is 9.97. The standard InChI is InChI=1S/C23H28N6O3.C18H20N6O.2C5H13N/c1-23(2,3)32-22(31)28-13-15(14-28)8-9-29-18-10-20(25-11-16(18)4-7-21(29)30)27-19-6-5-17(24)12-26-19;19-14-2-3-16(22-11-14)23-17-7-15-13(10-21-17)1-4-18(25)24(15)6-5-12-8-20-9-12;2*1-4-6(3)5-2/h4-7,10-12,15H,8-9,13-14,24H2,1-3H3,(H,25,26,27);1-4,7,10-12,20H,5-6,8-9,19H2,(H,21,22,23);2*4-5H2,1-3H3. The van der Waals surface area contributed by atoms with E-state index in [1.165, 1.54) is 0 Å². The second-order valence-corrected chi connectivity index (χ2v) is 18.4. The van der Waals surface area contributed by atoms with E-state index in [1.807, 2.05) is 43.5 Å². The minimum Gasteiger partial charge on any atom is -0.444 e. The van der Waals surface area contributed by atoms with Gasteiger partial charge in [-0.2, -0.15) is 0 Å². The molecule has 0 aliphatic carbocycles. The SMILES string of the molecule is CC(C)(C)OC(=O)N1CC(CCn2c(=O)ccc3cnc(Nc4ccc(N)cn4)cc32)C1.CCN(C)CC.CCN(C)CC.Nc1ccc(Nc2cc3c(ccc(=O)n3CCC3CNC3)cn2)nc1. The van der Waals surface area contributed by atoms with Crippen LogP contribution in [0.5, 0.6) is 0 Å². The summed E-state index contributed by atoms with van der Waals surface area (Å²) in [5.74, 6) is 3.51. The summed E-state index contributed by atoms with van der Waals surface area (Å²) < 4.78 is 8.99. The maximum absolute atomic E-state index is 12.6. The van der Waals surface area contributed by atoms with Crippen molar-refractivity contribution in [3.63, 3.8) is 0 Å². The van der Waals surface area contributed by atoms with Gasteiger partial charge in [0, 0.05) is 73.6 Å². The van der Waals surface area contributed by atoms with E-state index < -0.39 is 5.60 Å². The molecule has 0 atom stereocenters. The number of nitrogens with zero attached hydrogens (tertiary/aromatic N) is 9. The van der Waals surface area contributed by atoms with Crippen molar-refractivity contribution in [1.82, 2.24) is 49.1 Å². The van der Waals surface area contributed by atoms with Gasteiger partial charge < -0.3 is 56.0 Å². The minimum atomic E-state index is -0.500. The summed E-state index contributed by atoms with van der Waals surface area (Å²) >= 11 is 0. The second-order valence-electron chi connectivity index (χ2n) is 18.4. The summed E-state index contributed by atoms with van der Waals surface area (Å²) in [6, 6.07) is 17.6. The first kappa shape index (κ1) is 53.3. The van der Waals surface area contributed by atoms with Gasteiger partial charge in [-0.3, -0.25) is 9.59 Å². The second kappa shape index (κ2) is 25.7. The van der Waals surface area contributed by atoms with Crippen molar-refractivity contribution < 1.29 is 9.53 Å². The highest BCUT2D eigenvalue weighted by molar-refractivity contribution is 5.82. The maximum atomic E-state index is 12.6. The minimum absolute atomic E-state index is 0.0162. The highest BCUT2D eigenvalue weighted by Gasteiger charge is 2.33. The molecule has 6 aromatic heterocycles. The molecule has 8 heterocycles. The highest BCUT2D eigenvalue weighted by atomic mass is 16.6. The molecule has 2 fully saturated rings. The largest absolute Gasteiger partial charge is 0.444 e. The van der Waals surface area contributed by atoms with E-state index in [9.17, 15) is 14.4 Å². The van der Waals surface area contributed by atoms with Crippen molar-refractivity contribution in [2.24, 2.45) is 11.8 Å². The average Bonchev–Trinajstić information content (AvgIpc) is 3.30. The van der Waals surface area contributed by atoms with E-state index in [0.717, 1.165) is 73.9 Å². The first-order chi connectivity index (χ1) is 33.0. The topological polar surface area (TPSA) is 220 Å². The fraction of sp³-hybridized carbons (Fsp3) is 0.471. The number of nitrogens with two attached hydrogens (primary N) is 2. The van der Waals surface area contributed by atoms with Gasteiger partial charge in [-0.15, -0.1) is 0 Å². The van der Waals surface area contributed by atoms with Crippen LogP contribution < -0.4 is 38.5 Å². The third-order valence-electron chi connectivity index (χ3n) is 12.0. The van der Waals surface area contributed by atoms with Crippen LogP contribution in [-0.4, -0.2) is 122 Å². The molecule has 0 aromatic carbocycles. The van der Waals surface area contributed by atoms with Gasteiger partial charge in [0.1, 0.15) is 28.9 Å². The predicted octanol–water partition coefficient (Wildman–Crippen LogP) is 7.02. The molecule has 2 saturated heterocycles. The van der Waals surface area contributed by atoms with E-state index in [0.29, 0.717) is 72.7 Å². The van der Waals surface area contributed by atoms with Crippen molar-refractivity contribution in [3.8, 4) is 0 Å². The zero-order valence-corrected chi connectivity index (χ0v) is 42.0. The summed E-state index contributed by atoms with van der Waals surface area (Å²) in [4.78, 5) is 60.5. The monoisotopic (exact) mass is 947 g/mol. The quantitative estimate of drug-likeness (QED) is 0.0741. The number of hydrogen-bond acceptors (Lipinski definition) is 15. The van der Waals surface area contributed by atoms with Crippen LogP contribution in [0.3, 0.4) is 0 Å². The Morgan fingerprint density at radius 1 is 0.652 bits per heavy atom. The van der Waals surface area contributed by atoms with Crippen LogP contribution in [0.2, 0.25) is 0 Å². The summed E-state index contributed by atoms with van der Waals surface area (Å²) in [7, 11) is 4.22. The van der Waals surface area contributed by atoms with Crippen molar-refractivity contribution in [2.45, 2.75) is 80.0 Å². The summed E-state index contributed by atoms with van der Waals surface area (Å²) in [5, 5.41) is 11.4. The molecule has 372 valence electrons. The molecule has 18 heteroatoms. The molecule has 0 radical (unpaired) electrons. The number of pyridine rings is 6. The Morgan fingerprint density at radius 2 is 1.07 bits per heavy atom. The Kier molecular flexibility index (Phi) is 19.8. The van der Waals surface area contributed by atoms with Crippen LogP contribution in [0.25, 0.3) is 21.8 Å². The fourth-order valence-electron chi connectivity index (χ4n) is 7.04. The van der Waals surface area contributed by atoms with E-state index in [-0.39, 0.29) is 17.2 Å². The summed E-state index contributed by atoms with van der Waals surface area (Å²) in [6.07, 6.45) is 8.17. The predicted molar refractivity (Wildman–Crippen MR) is 280 cm³/mol. The molecular formula is C51H74N14O4. The number of aromatic nitrogens is 6. The Bertz CT molecular complexity index is 2640. The Morgan fingerprint density at radius 3 is 1.42 bits per heavy atom. The molecular weight excluding hydrogens is 873 g/mol. The fourth-order valence-corrected chi connectivity index (χ4v) is 7.04. The van der Waals surface area contributed by atoms with Gasteiger partial charge in [-0.25, -0.2) is 24.7 Å². The van der Waals surface area contributed by atoms with Gasteiger partial charge in [0.25, 0.3) is 11.1 Å². The zero-order valence-electron chi connectivity index (χ0n) is 42.0. The van der Waals surface area contributed by atoms with Crippen molar-refractivity contribution in [1.29, 1.82) is 0 Å². The van der Waals surface area contributed by atoms with E-state index in [2.05, 4.69) is 87.5 Å². The smallest absolute Gasteiger partial charge is 0.410 e. The molecule has 0 spiro atoms. The molecule has 6 aromatic rings. The first-order valence-corrected chi connectivity index (χ1v) is 24.0. The molecule has 0 saturated carbocycles. The first-order valence-electron chi connectivity index (χ1n) is 24.0. The van der Waals surface area contributed by atoms with Crippen LogP contribution >= 0.6 is 0 Å². The molecule has 2 aliphatic heterocycles. The Balaban J connectivity index is 0.000000212. The van der Waals surface area contributed by atoms with Gasteiger partial charge in [0.05, 0.1) is 34.8 Å². The zero-order chi connectivity index (χ0) is 50.1. The highest BCUT2D eigenvalue weighted by Crippen LogP contribution is 2.25. The molecule has 7 N–H and O–H groups in total. The summed E-state index contributed by atoms with van der Waals surface area (Å²) in [6.45, 7) is 23.5. The molecule has 8 rings (SSSR count). The van der Waals surface area contributed by atoms with Crippen molar-refractivity contribution >= 4 is 62.5 Å². The van der Waals surface area contributed by atoms with Gasteiger partial charge >= 0.3 is 6.09 Å². The lowest BCUT2D eigenvalue weighted by Crippen LogP contribution is -2.51. The van der Waals surface area contributed by atoms with Crippen LogP contribution in [0, 0.1) is 11.8 Å². The Labute approximate surface area is 406 Å². The van der Waals surface area contributed by atoms with E-state index in [4.69, 9.17) is 16.2 Å². The number of rotatable bonds is 14. The third kappa shape index (κ3) is 16.5. The lowest BCUT2D eigenvalue weighted by Gasteiger charge is -2.40. The molecule has 69 heavy (non-hydrogen) atoms. The number of nitrogen functional groups attached to an aromatic ring is 2. The lowest BCUT2D eigenvalue weighted by molar-refractivity contribution is -0.00265. The normalized spacial score (nSPS) is 13.6. The molecule has 0 unspecified atom stereocenters. The van der Waals surface area contributed by atoms with Crippen LogP contribution in [0.1, 0.15) is 61.3 Å². The van der Waals surface area contributed by atoms with E-state index in [1.54, 1.807) is 76.7 Å². The third-order valence-corrected chi connectivity index (χ3v) is 12.0. The van der Waals surface area contributed by atoms with E-state index >= 15 is 0 Å². The number of likely N-dealkylation sites (tertiary alicyclic amines) is 1. The number of ether oxygens (including phenoxy) is 1. The Hall–Kier alpha value is -6.63. The molecule has 2 aliphatic rings. The molecule has 0 bridgehead atoms. The number of hydrogen-bond donors (Lipinski definition) is 5. The number of anilines is 6. The number of aryl methyl sites for hydroxylation is 2. The number of fused-ring (bicyclic) bond motifs is 2. The van der Waals surface area contributed by atoms with Crippen LogP contribution in [0.15, 0.2) is 95.0 Å².